The molecular weight excluding hydrogens is 338 g/mol. The second-order valence-electron chi connectivity index (χ2n) is 5.91. The Morgan fingerprint density at radius 3 is 2.27 bits per heavy atom. The Labute approximate surface area is 140 Å². The van der Waals surface area contributed by atoms with Crippen LogP contribution in [0.25, 0.3) is 0 Å². The van der Waals surface area contributed by atoms with Gasteiger partial charge in [-0.1, -0.05) is 59.1 Å². The standard InChI is InChI=1S/C19H20BrNO/c20-17-12-10-16(11-13-17)19(22)21-18(15-8-4-5-9-15)14-6-2-1-3-7-14/h1-3,6-7,10-13,15,18H,4-5,8-9H2,(H,21,22)/t18-/m0/s1. The number of amides is 1. The highest BCUT2D eigenvalue weighted by Crippen LogP contribution is 2.35. The first-order valence-corrected chi connectivity index (χ1v) is 8.65. The van der Waals surface area contributed by atoms with Crippen molar-refractivity contribution in [2.24, 2.45) is 5.92 Å². The van der Waals surface area contributed by atoms with Gasteiger partial charge in [0.25, 0.3) is 5.91 Å². The van der Waals surface area contributed by atoms with Gasteiger partial charge in [-0.2, -0.15) is 0 Å². The summed E-state index contributed by atoms with van der Waals surface area (Å²) in [6.45, 7) is 0. The van der Waals surface area contributed by atoms with Crippen LogP contribution < -0.4 is 5.32 Å². The van der Waals surface area contributed by atoms with Gasteiger partial charge in [0, 0.05) is 10.0 Å². The fraction of sp³-hybridized carbons (Fsp3) is 0.316. The number of rotatable bonds is 4. The van der Waals surface area contributed by atoms with E-state index < -0.39 is 0 Å². The van der Waals surface area contributed by atoms with Crippen LogP contribution in [0.15, 0.2) is 59.1 Å². The van der Waals surface area contributed by atoms with Crippen molar-refractivity contribution in [1.82, 2.24) is 5.32 Å². The number of carbonyl (C=O) groups excluding carboxylic acids is 1. The van der Waals surface area contributed by atoms with Crippen molar-refractivity contribution in [2.75, 3.05) is 0 Å². The van der Waals surface area contributed by atoms with E-state index in [1.165, 1.54) is 31.2 Å². The van der Waals surface area contributed by atoms with Crippen LogP contribution in [0, 0.1) is 5.92 Å². The molecule has 2 aromatic rings. The normalized spacial score (nSPS) is 16.4. The third kappa shape index (κ3) is 3.58. The first-order valence-electron chi connectivity index (χ1n) is 7.85. The van der Waals surface area contributed by atoms with Crippen LogP contribution in [0.5, 0.6) is 0 Å². The van der Waals surface area contributed by atoms with E-state index in [2.05, 4.69) is 33.4 Å². The Bertz CT molecular complexity index is 618. The lowest BCUT2D eigenvalue weighted by Gasteiger charge is -2.25. The molecule has 0 aromatic heterocycles. The van der Waals surface area contributed by atoms with Crippen LogP contribution in [0.3, 0.4) is 0 Å². The Hall–Kier alpha value is -1.61. The van der Waals surface area contributed by atoms with Gasteiger partial charge in [0.2, 0.25) is 0 Å². The average molecular weight is 358 g/mol. The average Bonchev–Trinajstić information content (AvgIpc) is 3.08. The topological polar surface area (TPSA) is 29.1 Å². The number of halogens is 1. The molecule has 0 saturated heterocycles. The fourth-order valence-corrected chi connectivity index (χ4v) is 3.51. The summed E-state index contributed by atoms with van der Waals surface area (Å²) in [5, 5.41) is 3.26. The van der Waals surface area contributed by atoms with Crippen molar-refractivity contribution >= 4 is 21.8 Å². The van der Waals surface area contributed by atoms with E-state index in [0.717, 1.165) is 4.47 Å². The van der Waals surface area contributed by atoms with Crippen molar-refractivity contribution in [3.05, 3.63) is 70.2 Å². The molecule has 114 valence electrons. The lowest BCUT2D eigenvalue weighted by molar-refractivity contribution is 0.0922. The Kier molecular flexibility index (Phi) is 4.94. The van der Waals surface area contributed by atoms with E-state index in [4.69, 9.17) is 0 Å². The third-order valence-electron chi connectivity index (χ3n) is 4.42. The fourth-order valence-electron chi connectivity index (χ4n) is 3.25. The zero-order valence-corrected chi connectivity index (χ0v) is 14.1. The lowest BCUT2D eigenvalue weighted by Crippen LogP contribution is -2.32. The van der Waals surface area contributed by atoms with Gasteiger partial charge in [0.1, 0.15) is 0 Å². The minimum Gasteiger partial charge on any atom is -0.345 e. The summed E-state index contributed by atoms with van der Waals surface area (Å²) in [5.41, 5.74) is 1.92. The van der Waals surface area contributed by atoms with Crippen LogP contribution in [0.2, 0.25) is 0 Å². The quantitative estimate of drug-likeness (QED) is 0.809. The van der Waals surface area contributed by atoms with Crippen LogP contribution in [-0.4, -0.2) is 5.91 Å². The van der Waals surface area contributed by atoms with Crippen molar-refractivity contribution < 1.29 is 4.79 Å². The molecule has 0 heterocycles. The number of benzene rings is 2. The number of nitrogens with one attached hydrogen (secondary N) is 1. The van der Waals surface area contributed by atoms with Gasteiger partial charge >= 0.3 is 0 Å². The maximum atomic E-state index is 12.6. The van der Waals surface area contributed by atoms with Crippen LogP contribution in [0.1, 0.15) is 47.6 Å². The molecule has 1 aliphatic rings. The van der Waals surface area contributed by atoms with Gasteiger partial charge < -0.3 is 5.32 Å². The van der Waals surface area contributed by atoms with Crippen LogP contribution >= 0.6 is 15.9 Å². The predicted octanol–water partition coefficient (Wildman–Crippen LogP) is 5.11. The molecule has 1 atom stereocenters. The molecule has 0 aliphatic heterocycles. The zero-order chi connectivity index (χ0) is 15.4. The minimum atomic E-state index is 0.00764. The number of carbonyl (C=O) groups is 1. The zero-order valence-electron chi connectivity index (χ0n) is 12.5. The maximum Gasteiger partial charge on any atom is 0.251 e. The molecule has 0 unspecified atom stereocenters. The van der Waals surface area contributed by atoms with Gasteiger partial charge in [-0.3, -0.25) is 4.79 Å². The smallest absolute Gasteiger partial charge is 0.251 e. The third-order valence-corrected chi connectivity index (χ3v) is 4.95. The molecule has 1 amide bonds. The molecule has 22 heavy (non-hydrogen) atoms. The highest BCUT2D eigenvalue weighted by atomic mass is 79.9. The van der Waals surface area contributed by atoms with E-state index in [0.29, 0.717) is 11.5 Å². The summed E-state index contributed by atoms with van der Waals surface area (Å²) in [6.07, 6.45) is 4.92. The summed E-state index contributed by atoms with van der Waals surface area (Å²) in [4.78, 5) is 12.6. The molecule has 3 rings (SSSR count). The molecule has 0 radical (unpaired) electrons. The van der Waals surface area contributed by atoms with Crippen LogP contribution in [-0.2, 0) is 0 Å². The van der Waals surface area contributed by atoms with Gasteiger partial charge in [-0.05, 0) is 48.6 Å². The van der Waals surface area contributed by atoms with Crippen molar-refractivity contribution in [3.63, 3.8) is 0 Å². The molecule has 2 nitrogen and oxygen atoms in total. The number of hydrogen-bond donors (Lipinski definition) is 1. The monoisotopic (exact) mass is 357 g/mol. The highest BCUT2D eigenvalue weighted by molar-refractivity contribution is 9.10. The SMILES string of the molecule is O=C(N[C@@H](c1ccccc1)C1CCCC1)c1ccc(Br)cc1. The molecule has 1 saturated carbocycles. The Morgan fingerprint density at radius 1 is 1.00 bits per heavy atom. The Balaban J connectivity index is 1.80. The predicted molar refractivity (Wildman–Crippen MR) is 92.7 cm³/mol. The molecule has 1 N–H and O–H groups in total. The van der Waals surface area contributed by atoms with E-state index in [1.54, 1.807) is 0 Å². The summed E-state index contributed by atoms with van der Waals surface area (Å²) in [7, 11) is 0. The van der Waals surface area contributed by atoms with Gasteiger partial charge in [-0.25, -0.2) is 0 Å². The second-order valence-corrected chi connectivity index (χ2v) is 6.83. The van der Waals surface area contributed by atoms with Crippen molar-refractivity contribution in [1.29, 1.82) is 0 Å². The summed E-state index contributed by atoms with van der Waals surface area (Å²) >= 11 is 3.40. The van der Waals surface area contributed by atoms with Crippen molar-refractivity contribution in [3.8, 4) is 0 Å². The van der Waals surface area contributed by atoms with Crippen LogP contribution in [0.4, 0.5) is 0 Å². The van der Waals surface area contributed by atoms with E-state index in [9.17, 15) is 4.79 Å². The Morgan fingerprint density at radius 2 is 1.64 bits per heavy atom. The number of hydrogen-bond acceptors (Lipinski definition) is 1. The minimum absolute atomic E-state index is 0.00764. The second kappa shape index (κ2) is 7.10. The van der Waals surface area contributed by atoms with Crippen molar-refractivity contribution in [2.45, 2.75) is 31.7 Å². The van der Waals surface area contributed by atoms with E-state index in [1.807, 2.05) is 42.5 Å². The molecule has 2 aromatic carbocycles. The maximum absolute atomic E-state index is 12.6. The molecule has 0 bridgehead atoms. The highest BCUT2D eigenvalue weighted by Gasteiger charge is 2.27. The lowest BCUT2D eigenvalue weighted by atomic mass is 9.91. The van der Waals surface area contributed by atoms with E-state index in [-0.39, 0.29) is 11.9 Å². The molecule has 1 aliphatic carbocycles. The summed E-state index contributed by atoms with van der Waals surface area (Å²) in [6, 6.07) is 18.0. The largest absolute Gasteiger partial charge is 0.345 e. The van der Waals surface area contributed by atoms with E-state index >= 15 is 0 Å². The van der Waals surface area contributed by atoms with Gasteiger partial charge in [0.15, 0.2) is 0 Å². The summed E-state index contributed by atoms with van der Waals surface area (Å²) < 4.78 is 0.986. The molecule has 0 spiro atoms. The van der Waals surface area contributed by atoms with Gasteiger partial charge in [-0.15, -0.1) is 0 Å². The molecule has 1 fully saturated rings. The molecular formula is C19H20BrNO. The summed E-state index contributed by atoms with van der Waals surface area (Å²) in [5.74, 6) is 0.551. The first kappa shape index (κ1) is 15.3. The first-order chi connectivity index (χ1) is 10.7. The van der Waals surface area contributed by atoms with Gasteiger partial charge in [0.05, 0.1) is 6.04 Å². The molecule has 3 heteroatoms.